The van der Waals surface area contributed by atoms with Crippen molar-refractivity contribution in [3.8, 4) is 11.1 Å². The Labute approximate surface area is 149 Å². The zero-order valence-electron chi connectivity index (χ0n) is 14.5. The number of nitrogens with zero attached hydrogens (tertiary/aromatic N) is 1. The molecule has 4 heteroatoms. The van der Waals surface area contributed by atoms with E-state index in [1.54, 1.807) is 0 Å². The third kappa shape index (κ3) is 6.34. The van der Waals surface area contributed by atoms with Crippen LogP contribution in [0.25, 0.3) is 11.1 Å². The number of hydrogen-bond donors (Lipinski definition) is 0. The van der Waals surface area contributed by atoms with Gasteiger partial charge in [-0.2, -0.15) is 0 Å². The van der Waals surface area contributed by atoms with Crippen molar-refractivity contribution in [1.29, 1.82) is 0 Å². The minimum absolute atomic E-state index is 0.210. The van der Waals surface area contributed by atoms with Crippen molar-refractivity contribution in [3.63, 3.8) is 0 Å². The number of carbonyl (C=O) groups is 1. The first kappa shape index (κ1) is 18.5. The van der Waals surface area contributed by atoms with E-state index in [-0.39, 0.29) is 24.4 Å². The maximum Gasteiger partial charge on any atom is 0.307 e. The molecule has 0 saturated heterocycles. The standard InChI is InChI=1S/C20H25ClNO2/c1-22(2,3)14-19(21)13-20(23)24-15-16-9-11-18(12-10-16)17-7-5-4-6-8-17/h4-12,19H,13-15H2,1-3H3/q+1. The van der Waals surface area contributed by atoms with Crippen LogP contribution in [0.4, 0.5) is 0 Å². The Morgan fingerprint density at radius 1 is 1.00 bits per heavy atom. The molecule has 0 heterocycles. The minimum atomic E-state index is -0.254. The normalized spacial score (nSPS) is 12.7. The summed E-state index contributed by atoms with van der Waals surface area (Å²) in [5.41, 5.74) is 3.29. The molecule has 0 aliphatic carbocycles. The van der Waals surface area contributed by atoms with Gasteiger partial charge in [0.05, 0.1) is 39.5 Å². The number of halogens is 1. The Kier molecular flexibility index (Phi) is 6.41. The summed E-state index contributed by atoms with van der Waals surface area (Å²) in [6, 6.07) is 18.2. The topological polar surface area (TPSA) is 26.3 Å². The lowest BCUT2D eigenvalue weighted by Crippen LogP contribution is -2.40. The second-order valence-corrected chi connectivity index (χ2v) is 7.62. The molecule has 0 amide bonds. The summed E-state index contributed by atoms with van der Waals surface area (Å²) >= 11 is 6.21. The van der Waals surface area contributed by atoms with Gasteiger partial charge in [-0.15, -0.1) is 11.6 Å². The summed E-state index contributed by atoms with van der Waals surface area (Å²) < 4.78 is 6.05. The quantitative estimate of drug-likeness (QED) is 0.428. The fraction of sp³-hybridized carbons (Fsp3) is 0.350. The first-order valence-electron chi connectivity index (χ1n) is 8.08. The summed E-state index contributed by atoms with van der Waals surface area (Å²) in [7, 11) is 6.15. The molecule has 0 fully saturated rings. The van der Waals surface area contributed by atoms with Crippen LogP contribution in [0.2, 0.25) is 0 Å². The van der Waals surface area contributed by atoms with Crippen molar-refractivity contribution in [3.05, 3.63) is 60.2 Å². The lowest BCUT2D eigenvalue weighted by molar-refractivity contribution is -0.869. The largest absolute Gasteiger partial charge is 0.461 e. The van der Waals surface area contributed by atoms with E-state index in [4.69, 9.17) is 16.3 Å². The molecule has 0 aliphatic heterocycles. The number of alkyl halides is 1. The highest BCUT2D eigenvalue weighted by Crippen LogP contribution is 2.19. The number of rotatable bonds is 7. The molecule has 0 radical (unpaired) electrons. The van der Waals surface area contributed by atoms with Gasteiger partial charge in [-0.1, -0.05) is 54.6 Å². The van der Waals surface area contributed by atoms with E-state index in [0.717, 1.165) is 22.2 Å². The molecule has 2 rings (SSSR count). The zero-order valence-corrected chi connectivity index (χ0v) is 15.3. The van der Waals surface area contributed by atoms with E-state index >= 15 is 0 Å². The minimum Gasteiger partial charge on any atom is -0.461 e. The highest BCUT2D eigenvalue weighted by atomic mass is 35.5. The van der Waals surface area contributed by atoms with Gasteiger partial charge in [0.2, 0.25) is 0 Å². The molecule has 0 spiro atoms. The molecular formula is C20H25ClNO2+. The second kappa shape index (κ2) is 8.32. The number of benzene rings is 2. The number of esters is 1. The molecule has 0 N–H and O–H groups in total. The van der Waals surface area contributed by atoms with E-state index in [1.165, 1.54) is 5.56 Å². The molecule has 0 bridgehead atoms. The van der Waals surface area contributed by atoms with Crippen molar-refractivity contribution < 1.29 is 14.0 Å². The molecule has 0 aromatic heterocycles. The van der Waals surface area contributed by atoms with Gasteiger partial charge in [0.1, 0.15) is 6.61 Å². The molecule has 24 heavy (non-hydrogen) atoms. The van der Waals surface area contributed by atoms with Gasteiger partial charge in [0.25, 0.3) is 0 Å². The molecule has 1 atom stereocenters. The Morgan fingerprint density at radius 3 is 2.17 bits per heavy atom. The molecular weight excluding hydrogens is 322 g/mol. The molecule has 2 aromatic rings. The van der Waals surface area contributed by atoms with Crippen LogP contribution in [-0.4, -0.2) is 43.5 Å². The van der Waals surface area contributed by atoms with Gasteiger partial charge < -0.3 is 9.22 Å². The number of hydrogen-bond acceptors (Lipinski definition) is 2. The Morgan fingerprint density at radius 2 is 1.58 bits per heavy atom. The summed E-state index contributed by atoms with van der Waals surface area (Å²) in [5, 5.41) is -0.210. The molecule has 0 saturated carbocycles. The van der Waals surface area contributed by atoms with Crippen LogP contribution in [0.1, 0.15) is 12.0 Å². The van der Waals surface area contributed by atoms with Crippen molar-refractivity contribution in [2.45, 2.75) is 18.4 Å². The molecule has 3 nitrogen and oxygen atoms in total. The molecule has 1 unspecified atom stereocenters. The van der Waals surface area contributed by atoms with E-state index in [2.05, 4.69) is 33.3 Å². The number of quaternary nitrogens is 1. The van der Waals surface area contributed by atoms with Gasteiger partial charge >= 0.3 is 5.97 Å². The maximum absolute atomic E-state index is 11.9. The third-order valence-corrected chi connectivity index (χ3v) is 3.89. The SMILES string of the molecule is C[N+](C)(C)CC(Cl)CC(=O)OCc1ccc(-c2ccccc2)cc1. The predicted molar refractivity (Wildman–Crippen MR) is 98.8 cm³/mol. The molecule has 128 valence electrons. The summed E-state index contributed by atoms with van der Waals surface area (Å²) in [5.74, 6) is -0.254. The highest BCUT2D eigenvalue weighted by molar-refractivity contribution is 6.21. The van der Waals surface area contributed by atoms with Crippen molar-refractivity contribution in [2.75, 3.05) is 27.7 Å². The average Bonchev–Trinajstić information content (AvgIpc) is 2.52. The first-order chi connectivity index (χ1) is 11.3. The molecule has 0 aliphatic rings. The van der Waals surface area contributed by atoms with E-state index in [0.29, 0.717) is 0 Å². The van der Waals surface area contributed by atoms with Crippen molar-refractivity contribution in [1.82, 2.24) is 0 Å². The third-order valence-electron chi connectivity index (χ3n) is 3.59. The van der Waals surface area contributed by atoms with Crippen molar-refractivity contribution >= 4 is 17.6 Å². The van der Waals surface area contributed by atoms with Gasteiger partial charge in [-0.05, 0) is 16.7 Å². The Bertz CT molecular complexity index is 648. The van der Waals surface area contributed by atoms with Crippen LogP contribution in [0, 0.1) is 0 Å². The lowest BCUT2D eigenvalue weighted by atomic mass is 10.0. The fourth-order valence-electron chi connectivity index (χ4n) is 2.49. The summed E-state index contributed by atoms with van der Waals surface area (Å²) in [4.78, 5) is 11.9. The highest BCUT2D eigenvalue weighted by Gasteiger charge is 2.19. The first-order valence-corrected chi connectivity index (χ1v) is 8.52. The predicted octanol–water partition coefficient (Wildman–Crippen LogP) is 4.10. The van der Waals surface area contributed by atoms with Crippen molar-refractivity contribution in [2.24, 2.45) is 0 Å². The maximum atomic E-state index is 11.9. The van der Waals surface area contributed by atoms with E-state index < -0.39 is 0 Å². The summed E-state index contributed by atoms with van der Waals surface area (Å²) in [6.07, 6.45) is 0.235. The van der Waals surface area contributed by atoms with Gasteiger partial charge in [-0.25, -0.2) is 0 Å². The summed E-state index contributed by atoms with van der Waals surface area (Å²) in [6.45, 7) is 1.00. The fourth-order valence-corrected chi connectivity index (χ4v) is 3.03. The van der Waals surface area contributed by atoms with E-state index in [1.807, 2.05) is 42.5 Å². The second-order valence-electron chi connectivity index (χ2n) is 7.00. The van der Waals surface area contributed by atoms with Crippen LogP contribution in [0.15, 0.2) is 54.6 Å². The van der Waals surface area contributed by atoms with E-state index in [9.17, 15) is 4.79 Å². The van der Waals surface area contributed by atoms with Crippen LogP contribution >= 0.6 is 11.6 Å². The smallest absolute Gasteiger partial charge is 0.307 e. The van der Waals surface area contributed by atoms with Gasteiger partial charge in [-0.3, -0.25) is 4.79 Å². The monoisotopic (exact) mass is 346 g/mol. The van der Waals surface area contributed by atoms with Crippen LogP contribution < -0.4 is 0 Å². The molecule has 2 aromatic carbocycles. The zero-order chi connectivity index (χ0) is 17.6. The van der Waals surface area contributed by atoms with Gasteiger partial charge in [0.15, 0.2) is 0 Å². The number of carbonyl (C=O) groups excluding carboxylic acids is 1. The van der Waals surface area contributed by atoms with Gasteiger partial charge in [0, 0.05) is 0 Å². The van der Waals surface area contributed by atoms with Crippen LogP contribution in [0.3, 0.4) is 0 Å². The lowest BCUT2D eigenvalue weighted by Gasteiger charge is -2.26. The number of ether oxygens (including phenoxy) is 1. The van der Waals surface area contributed by atoms with Crippen LogP contribution in [-0.2, 0) is 16.1 Å². The Balaban J connectivity index is 1.83. The average molecular weight is 347 g/mol. The van der Waals surface area contributed by atoms with Crippen LogP contribution in [0.5, 0.6) is 0 Å². The Hall–Kier alpha value is -1.84.